The summed E-state index contributed by atoms with van der Waals surface area (Å²) in [6.07, 6.45) is 3.38. The summed E-state index contributed by atoms with van der Waals surface area (Å²) in [5, 5.41) is 0.522. The molecule has 2 aliphatic rings. The molecular formula is C13H21NO2S. The Morgan fingerprint density at radius 2 is 2.29 bits per heavy atom. The second kappa shape index (κ2) is 5.44. The minimum absolute atomic E-state index is 0.0307. The molecule has 2 saturated heterocycles. The number of esters is 1. The van der Waals surface area contributed by atoms with Crippen LogP contribution in [0.4, 0.5) is 0 Å². The molecule has 0 amide bonds. The smallest absolute Gasteiger partial charge is 0.324 e. The van der Waals surface area contributed by atoms with Crippen LogP contribution >= 0.6 is 11.8 Å². The Bertz CT molecular complexity index is 319. The molecule has 2 rings (SSSR count). The summed E-state index contributed by atoms with van der Waals surface area (Å²) in [6, 6.07) is 0.457. The Balaban J connectivity index is 2.04. The van der Waals surface area contributed by atoms with Crippen LogP contribution in [-0.4, -0.2) is 40.7 Å². The predicted octanol–water partition coefficient (Wildman–Crippen LogP) is 2.42. The number of rotatable bonds is 4. The summed E-state index contributed by atoms with van der Waals surface area (Å²) in [4.78, 5) is 14.3. The minimum atomic E-state index is -0.0453. The van der Waals surface area contributed by atoms with Crippen molar-refractivity contribution in [2.75, 3.05) is 12.4 Å². The van der Waals surface area contributed by atoms with Crippen LogP contribution < -0.4 is 0 Å². The van der Waals surface area contributed by atoms with E-state index in [1.54, 1.807) is 0 Å². The number of carbonyl (C=O) groups is 1. The molecule has 0 spiro atoms. The lowest BCUT2D eigenvalue weighted by Crippen LogP contribution is -2.44. The van der Waals surface area contributed by atoms with Gasteiger partial charge in [-0.2, -0.15) is 0 Å². The van der Waals surface area contributed by atoms with Gasteiger partial charge < -0.3 is 4.74 Å². The average Bonchev–Trinajstić information content (AvgIpc) is 2.81. The number of fused-ring (bicyclic) bond motifs is 1. The summed E-state index contributed by atoms with van der Waals surface area (Å²) in [7, 11) is 0. The van der Waals surface area contributed by atoms with Gasteiger partial charge in [-0.25, -0.2) is 0 Å². The van der Waals surface area contributed by atoms with E-state index in [9.17, 15) is 4.79 Å². The summed E-state index contributed by atoms with van der Waals surface area (Å²) in [5.41, 5.74) is 1.20. The highest BCUT2D eigenvalue weighted by Crippen LogP contribution is 2.42. The van der Waals surface area contributed by atoms with Crippen LogP contribution in [0.3, 0.4) is 0 Å². The number of nitrogens with zero attached hydrogens (tertiary/aromatic N) is 1. The zero-order valence-electron chi connectivity index (χ0n) is 10.6. The summed E-state index contributed by atoms with van der Waals surface area (Å²) in [5.74, 6) is 0.840. The zero-order valence-corrected chi connectivity index (χ0v) is 11.5. The predicted molar refractivity (Wildman–Crippen MR) is 71.0 cm³/mol. The molecular weight excluding hydrogens is 234 g/mol. The van der Waals surface area contributed by atoms with Gasteiger partial charge in [0, 0.05) is 11.8 Å². The van der Waals surface area contributed by atoms with Gasteiger partial charge in [0.15, 0.2) is 0 Å². The highest BCUT2D eigenvalue weighted by atomic mass is 32.2. The molecule has 0 radical (unpaired) electrons. The number of ether oxygens (including phenoxy) is 1. The van der Waals surface area contributed by atoms with Crippen LogP contribution in [-0.2, 0) is 9.53 Å². The van der Waals surface area contributed by atoms with Crippen molar-refractivity contribution in [3.8, 4) is 0 Å². The third kappa shape index (κ3) is 2.68. The molecule has 0 aliphatic carbocycles. The molecule has 0 N–H and O–H groups in total. The molecule has 96 valence electrons. The minimum Gasteiger partial charge on any atom is -0.465 e. The Morgan fingerprint density at radius 1 is 1.53 bits per heavy atom. The lowest BCUT2D eigenvalue weighted by atomic mass is 10.1. The first-order valence-corrected chi connectivity index (χ1v) is 7.38. The van der Waals surface area contributed by atoms with E-state index in [1.165, 1.54) is 18.4 Å². The number of hydrogen-bond acceptors (Lipinski definition) is 4. The fraction of sp³-hybridized carbons (Fsp3) is 0.769. The van der Waals surface area contributed by atoms with Crippen molar-refractivity contribution in [1.29, 1.82) is 0 Å². The molecule has 2 heterocycles. The molecule has 3 nitrogen and oxygen atoms in total. The molecule has 4 heteroatoms. The summed E-state index contributed by atoms with van der Waals surface area (Å²) in [6.45, 7) is 8.40. The van der Waals surface area contributed by atoms with Crippen molar-refractivity contribution >= 4 is 17.7 Å². The maximum absolute atomic E-state index is 11.9. The van der Waals surface area contributed by atoms with Crippen LogP contribution in [0.2, 0.25) is 0 Å². The molecule has 2 aliphatic heterocycles. The Morgan fingerprint density at radius 3 is 2.94 bits per heavy atom. The first kappa shape index (κ1) is 13.0. The third-order valence-electron chi connectivity index (χ3n) is 3.45. The molecule has 3 unspecified atom stereocenters. The molecule has 0 aromatic carbocycles. The van der Waals surface area contributed by atoms with E-state index in [2.05, 4.69) is 18.4 Å². The Labute approximate surface area is 108 Å². The van der Waals surface area contributed by atoms with E-state index in [4.69, 9.17) is 4.74 Å². The number of thioether (sulfide) groups is 1. The molecule has 17 heavy (non-hydrogen) atoms. The van der Waals surface area contributed by atoms with Crippen LogP contribution in [0.25, 0.3) is 0 Å². The third-order valence-corrected chi connectivity index (χ3v) is 4.82. The van der Waals surface area contributed by atoms with Crippen LogP contribution in [0.5, 0.6) is 0 Å². The zero-order chi connectivity index (χ0) is 12.4. The SMILES string of the molecule is C=C(C)CC1CCC2SCC(C(=O)OCC)N12. The van der Waals surface area contributed by atoms with E-state index in [0.29, 0.717) is 18.0 Å². The van der Waals surface area contributed by atoms with Gasteiger partial charge in [-0.3, -0.25) is 9.69 Å². The highest BCUT2D eigenvalue weighted by molar-refractivity contribution is 8.00. The van der Waals surface area contributed by atoms with Crippen molar-refractivity contribution < 1.29 is 9.53 Å². The van der Waals surface area contributed by atoms with E-state index in [0.717, 1.165) is 12.2 Å². The van der Waals surface area contributed by atoms with Gasteiger partial charge in [0.1, 0.15) is 6.04 Å². The average molecular weight is 255 g/mol. The van der Waals surface area contributed by atoms with Gasteiger partial charge in [-0.05, 0) is 33.1 Å². The quantitative estimate of drug-likeness (QED) is 0.570. The number of hydrogen-bond donors (Lipinski definition) is 0. The number of carbonyl (C=O) groups excluding carboxylic acids is 1. The van der Waals surface area contributed by atoms with Crippen LogP contribution in [0.1, 0.15) is 33.1 Å². The lowest BCUT2D eigenvalue weighted by molar-refractivity contribution is -0.148. The van der Waals surface area contributed by atoms with E-state index in [1.807, 2.05) is 18.7 Å². The standard InChI is InChI=1S/C13H21NO2S/c1-4-16-13(15)11-8-17-12-6-5-10(14(11)12)7-9(2)3/h10-12H,2,4-8H2,1,3H3. The molecule has 0 aromatic rings. The largest absolute Gasteiger partial charge is 0.465 e. The normalized spacial score (nSPS) is 32.5. The van der Waals surface area contributed by atoms with Crippen LogP contribution in [0, 0.1) is 0 Å². The van der Waals surface area contributed by atoms with E-state index in [-0.39, 0.29) is 12.0 Å². The fourth-order valence-electron chi connectivity index (χ4n) is 2.82. The topological polar surface area (TPSA) is 29.5 Å². The first-order chi connectivity index (χ1) is 8.13. The molecule has 0 saturated carbocycles. The summed E-state index contributed by atoms with van der Waals surface area (Å²) >= 11 is 1.90. The molecule has 0 bridgehead atoms. The van der Waals surface area contributed by atoms with Crippen molar-refractivity contribution in [2.24, 2.45) is 0 Å². The lowest BCUT2D eigenvalue weighted by Gasteiger charge is -2.28. The van der Waals surface area contributed by atoms with Crippen LogP contribution in [0.15, 0.2) is 12.2 Å². The fourth-order valence-corrected chi connectivity index (χ4v) is 4.33. The highest BCUT2D eigenvalue weighted by Gasteiger charge is 2.46. The van der Waals surface area contributed by atoms with Crippen molar-refractivity contribution in [2.45, 2.75) is 50.6 Å². The van der Waals surface area contributed by atoms with Gasteiger partial charge in [0.25, 0.3) is 0 Å². The summed E-state index contributed by atoms with van der Waals surface area (Å²) < 4.78 is 5.17. The molecule has 2 fully saturated rings. The second-order valence-electron chi connectivity index (χ2n) is 4.90. The van der Waals surface area contributed by atoms with Gasteiger partial charge in [-0.15, -0.1) is 18.3 Å². The monoisotopic (exact) mass is 255 g/mol. The van der Waals surface area contributed by atoms with E-state index < -0.39 is 0 Å². The van der Waals surface area contributed by atoms with Gasteiger partial charge >= 0.3 is 5.97 Å². The van der Waals surface area contributed by atoms with Crippen molar-refractivity contribution in [3.05, 3.63) is 12.2 Å². The van der Waals surface area contributed by atoms with E-state index >= 15 is 0 Å². The molecule has 3 atom stereocenters. The maximum atomic E-state index is 11.9. The molecule has 0 aromatic heterocycles. The Kier molecular flexibility index (Phi) is 4.15. The van der Waals surface area contributed by atoms with Gasteiger partial charge in [-0.1, -0.05) is 5.57 Å². The maximum Gasteiger partial charge on any atom is 0.324 e. The van der Waals surface area contributed by atoms with Gasteiger partial charge in [0.2, 0.25) is 0 Å². The van der Waals surface area contributed by atoms with Crippen molar-refractivity contribution in [3.63, 3.8) is 0 Å². The van der Waals surface area contributed by atoms with Crippen molar-refractivity contribution in [1.82, 2.24) is 4.90 Å². The second-order valence-corrected chi connectivity index (χ2v) is 6.11. The van der Waals surface area contributed by atoms with Gasteiger partial charge in [0.05, 0.1) is 12.0 Å². The Hall–Kier alpha value is -0.480. The first-order valence-electron chi connectivity index (χ1n) is 6.33.